The topological polar surface area (TPSA) is 15.3 Å². The lowest BCUT2D eigenvalue weighted by Crippen LogP contribution is -2.32. The summed E-state index contributed by atoms with van der Waals surface area (Å²) in [6.45, 7) is 4.57. The Labute approximate surface area is 115 Å². The van der Waals surface area contributed by atoms with Gasteiger partial charge in [0.25, 0.3) is 0 Å². The van der Waals surface area contributed by atoms with Gasteiger partial charge < -0.3 is 10.2 Å². The number of nitrogens with zero attached hydrogens (tertiary/aromatic N) is 1. The maximum absolute atomic E-state index is 3.63. The molecule has 0 bridgehead atoms. The van der Waals surface area contributed by atoms with E-state index in [-0.39, 0.29) is 0 Å². The Morgan fingerprint density at radius 1 is 1.33 bits per heavy atom. The second-order valence-corrected chi connectivity index (χ2v) is 6.36. The quantitative estimate of drug-likeness (QED) is 0.761. The first-order chi connectivity index (χ1) is 8.84. The Balaban J connectivity index is 1.52. The molecule has 1 aliphatic carbocycles. The average molecular weight is 266 g/mol. The predicted molar refractivity (Wildman–Crippen MR) is 80.1 cm³/mol. The van der Waals surface area contributed by atoms with E-state index in [4.69, 9.17) is 0 Å². The van der Waals surface area contributed by atoms with Crippen LogP contribution in [-0.4, -0.2) is 31.6 Å². The molecule has 1 N–H and O–H groups in total. The van der Waals surface area contributed by atoms with Crippen molar-refractivity contribution in [1.29, 1.82) is 0 Å². The average Bonchev–Trinajstić information content (AvgIpc) is 2.89. The normalized spacial score (nSPS) is 17.4. The van der Waals surface area contributed by atoms with E-state index < -0.39 is 0 Å². The Bertz CT molecular complexity index is 304. The van der Waals surface area contributed by atoms with Crippen molar-refractivity contribution < 1.29 is 0 Å². The molecule has 1 aromatic heterocycles. The van der Waals surface area contributed by atoms with Gasteiger partial charge in [-0.25, -0.2) is 0 Å². The van der Waals surface area contributed by atoms with E-state index in [0.29, 0.717) is 0 Å². The van der Waals surface area contributed by atoms with Crippen LogP contribution in [0.3, 0.4) is 0 Å². The third kappa shape index (κ3) is 5.09. The van der Waals surface area contributed by atoms with Crippen LogP contribution in [-0.2, 0) is 6.54 Å². The number of likely N-dealkylation sites (N-methyl/N-ethyl adjacent to an activating group) is 1. The van der Waals surface area contributed by atoms with Crippen molar-refractivity contribution in [1.82, 2.24) is 10.2 Å². The van der Waals surface area contributed by atoms with Crippen molar-refractivity contribution in [3.05, 3.63) is 22.4 Å². The lowest BCUT2D eigenvalue weighted by Gasteiger charge is -2.22. The molecule has 102 valence electrons. The molecule has 2 rings (SSSR count). The van der Waals surface area contributed by atoms with Gasteiger partial charge in [0.05, 0.1) is 0 Å². The molecule has 18 heavy (non-hydrogen) atoms. The maximum Gasteiger partial charge on any atom is 0.0239 e. The van der Waals surface area contributed by atoms with E-state index in [0.717, 1.165) is 25.6 Å². The first-order valence-corrected chi connectivity index (χ1v) is 8.19. The summed E-state index contributed by atoms with van der Waals surface area (Å²) >= 11 is 1.79. The second-order valence-electron chi connectivity index (χ2n) is 5.58. The highest BCUT2D eigenvalue weighted by Crippen LogP contribution is 2.22. The summed E-state index contributed by atoms with van der Waals surface area (Å²) in [4.78, 5) is 2.40. The summed E-state index contributed by atoms with van der Waals surface area (Å²) < 4.78 is 0. The van der Waals surface area contributed by atoms with Gasteiger partial charge in [0.15, 0.2) is 0 Å². The summed E-state index contributed by atoms with van der Waals surface area (Å²) in [5.41, 5.74) is 1.44. The largest absolute Gasteiger partial charge is 0.315 e. The SMILES string of the molecule is CN(CCNCC1CCCCC1)Cc1ccsc1. The molecule has 2 nitrogen and oxygen atoms in total. The van der Waals surface area contributed by atoms with Crippen LogP contribution in [0.2, 0.25) is 0 Å². The van der Waals surface area contributed by atoms with Crippen LogP contribution in [0, 0.1) is 5.92 Å². The van der Waals surface area contributed by atoms with Gasteiger partial charge >= 0.3 is 0 Å². The highest BCUT2D eigenvalue weighted by molar-refractivity contribution is 7.07. The van der Waals surface area contributed by atoms with Crippen molar-refractivity contribution in [2.24, 2.45) is 5.92 Å². The van der Waals surface area contributed by atoms with E-state index in [1.807, 2.05) is 0 Å². The van der Waals surface area contributed by atoms with Gasteiger partial charge in [-0.05, 0) is 54.7 Å². The molecule has 0 atom stereocenters. The van der Waals surface area contributed by atoms with Gasteiger partial charge in [0.2, 0.25) is 0 Å². The third-order valence-electron chi connectivity index (χ3n) is 3.86. The number of hydrogen-bond acceptors (Lipinski definition) is 3. The monoisotopic (exact) mass is 266 g/mol. The highest BCUT2D eigenvalue weighted by atomic mass is 32.1. The number of nitrogens with one attached hydrogen (secondary N) is 1. The fourth-order valence-electron chi connectivity index (χ4n) is 2.74. The minimum absolute atomic E-state index is 0.945. The summed E-state index contributed by atoms with van der Waals surface area (Å²) in [5.74, 6) is 0.945. The van der Waals surface area contributed by atoms with Crippen LogP contribution >= 0.6 is 11.3 Å². The van der Waals surface area contributed by atoms with Crippen LogP contribution in [0.25, 0.3) is 0 Å². The van der Waals surface area contributed by atoms with Crippen molar-refractivity contribution in [3.8, 4) is 0 Å². The third-order valence-corrected chi connectivity index (χ3v) is 4.59. The molecule has 1 heterocycles. The van der Waals surface area contributed by atoms with E-state index in [1.54, 1.807) is 11.3 Å². The number of rotatable bonds is 7. The Kier molecular flexibility index (Phi) is 6.18. The summed E-state index contributed by atoms with van der Waals surface area (Å²) in [6, 6.07) is 2.22. The van der Waals surface area contributed by atoms with E-state index in [1.165, 1.54) is 44.2 Å². The predicted octanol–water partition coefficient (Wildman–Crippen LogP) is 3.35. The Hall–Kier alpha value is -0.380. The molecule has 1 aliphatic rings. The highest BCUT2D eigenvalue weighted by Gasteiger charge is 2.12. The molecule has 0 aliphatic heterocycles. The zero-order valence-corrected chi connectivity index (χ0v) is 12.3. The summed E-state index contributed by atoms with van der Waals surface area (Å²) in [7, 11) is 2.21. The molecule has 0 aromatic carbocycles. The van der Waals surface area contributed by atoms with Gasteiger partial charge in [-0.2, -0.15) is 11.3 Å². The van der Waals surface area contributed by atoms with E-state index >= 15 is 0 Å². The molecule has 0 spiro atoms. The first kappa shape index (κ1) is 14.0. The van der Waals surface area contributed by atoms with Crippen molar-refractivity contribution >= 4 is 11.3 Å². The fourth-order valence-corrected chi connectivity index (χ4v) is 3.40. The fraction of sp³-hybridized carbons (Fsp3) is 0.733. The smallest absolute Gasteiger partial charge is 0.0239 e. The van der Waals surface area contributed by atoms with Gasteiger partial charge in [0, 0.05) is 19.6 Å². The standard InChI is InChI=1S/C15H26N2S/c1-17(12-15-7-10-18-13-15)9-8-16-11-14-5-3-2-4-6-14/h7,10,13-14,16H,2-6,8-9,11-12H2,1H3. The van der Waals surface area contributed by atoms with E-state index in [9.17, 15) is 0 Å². The van der Waals surface area contributed by atoms with Crippen molar-refractivity contribution in [2.75, 3.05) is 26.7 Å². The minimum Gasteiger partial charge on any atom is -0.315 e. The lowest BCUT2D eigenvalue weighted by atomic mass is 9.89. The molecule has 0 saturated heterocycles. The van der Waals surface area contributed by atoms with Gasteiger partial charge in [-0.1, -0.05) is 19.3 Å². The number of thiophene rings is 1. The van der Waals surface area contributed by atoms with Crippen molar-refractivity contribution in [3.63, 3.8) is 0 Å². The molecule has 1 saturated carbocycles. The molecule has 0 radical (unpaired) electrons. The summed E-state index contributed by atoms with van der Waals surface area (Å²) in [5, 5.41) is 8.03. The van der Waals surface area contributed by atoms with Gasteiger partial charge in [0.1, 0.15) is 0 Å². The first-order valence-electron chi connectivity index (χ1n) is 7.25. The Morgan fingerprint density at radius 3 is 2.89 bits per heavy atom. The lowest BCUT2D eigenvalue weighted by molar-refractivity contribution is 0.304. The molecular weight excluding hydrogens is 240 g/mol. The molecular formula is C15H26N2S. The minimum atomic E-state index is 0.945. The maximum atomic E-state index is 3.63. The van der Waals surface area contributed by atoms with Gasteiger partial charge in [-0.3, -0.25) is 0 Å². The second kappa shape index (κ2) is 7.93. The number of hydrogen-bond donors (Lipinski definition) is 1. The van der Waals surface area contributed by atoms with E-state index in [2.05, 4.69) is 34.1 Å². The Morgan fingerprint density at radius 2 is 2.17 bits per heavy atom. The molecule has 3 heteroatoms. The molecule has 1 aromatic rings. The summed E-state index contributed by atoms with van der Waals surface area (Å²) in [6.07, 6.45) is 7.24. The molecule has 0 amide bonds. The van der Waals surface area contributed by atoms with Crippen LogP contribution in [0.1, 0.15) is 37.7 Å². The van der Waals surface area contributed by atoms with Crippen LogP contribution in [0.5, 0.6) is 0 Å². The molecule has 1 fully saturated rings. The van der Waals surface area contributed by atoms with Gasteiger partial charge in [-0.15, -0.1) is 0 Å². The van der Waals surface area contributed by atoms with Crippen LogP contribution in [0.15, 0.2) is 16.8 Å². The zero-order chi connectivity index (χ0) is 12.6. The van der Waals surface area contributed by atoms with Crippen LogP contribution < -0.4 is 5.32 Å². The zero-order valence-electron chi connectivity index (χ0n) is 11.5. The van der Waals surface area contributed by atoms with Crippen LogP contribution in [0.4, 0.5) is 0 Å². The van der Waals surface area contributed by atoms with Crippen molar-refractivity contribution in [2.45, 2.75) is 38.6 Å². The molecule has 0 unspecified atom stereocenters.